The van der Waals surface area contributed by atoms with Gasteiger partial charge in [0.15, 0.2) is 6.33 Å². The number of anilines is 1. The molecule has 0 amide bonds. The second kappa shape index (κ2) is 6.41. The normalized spacial score (nSPS) is 15.6. The van der Waals surface area contributed by atoms with E-state index < -0.39 is 0 Å². The summed E-state index contributed by atoms with van der Waals surface area (Å²) in [4.78, 5) is 20.6. The van der Waals surface area contributed by atoms with Gasteiger partial charge in [-0.15, -0.1) is 0 Å². The van der Waals surface area contributed by atoms with Gasteiger partial charge in [-0.1, -0.05) is 12.1 Å². The minimum Gasteiger partial charge on any atom is -0.369 e. The van der Waals surface area contributed by atoms with Crippen LogP contribution in [0.25, 0.3) is 22.6 Å². The maximum Gasteiger partial charge on any atom is 0.198 e. The van der Waals surface area contributed by atoms with E-state index in [0.29, 0.717) is 0 Å². The van der Waals surface area contributed by atoms with Gasteiger partial charge in [0.25, 0.3) is 0 Å². The van der Waals surface area contributed by atoms with Crippen molar-refractivity contribution < 1.29 is 0 Å². The number of imidazole rings is 1. The van der Waals surface area contributed by atoms with E-state index in [9.17, 15) is 0 Å². The van der Waals surface area contributed by atoms with E-state index in [1.165, 1.54) is 5.69 Å². The number of H-pyrrole nitrogens is 1. The summed E-state index contributed by atoms with van der Waals surface area (Å²) < 4.78 is 0. The Bertz CT molecular complexity index is 789. The fourth-order valence-corrected chi connectivity index (χ4v) is 2.99. The maximum absolute atomic E-state index is 4.34. The first-order valence-electron chi connectivity index (χ1n) is 8.08. The highest BCUT2D eigenvalue weighted by Gasteiger charge is 2.15. The molecule has 1 aliphatic rings. The van der Waals surface area contributed by atoms with Crippen LogP contribution < -0.4 is 4.90 Å². The monoisotopic (exact) mass is 319 g/mol. The fourth-order valence-electron chi connectivity index (χ4n) is 2.99. The van der Waals surface area contributed by atoms with Gasteiger partial charge in [-0.05, 0) is 19.2 Å². The zero-order chi connectivity index (χ0) is 16.4. The van der Waals surface area contributed by atoms with E-state index in [0.717, 1.165) is 48.8 Å². The average Bonchev–Trinajstić information content (AvgIpc) is 3.17. The Balaban J connectivity index is 1.62. The van der Waals surface area contributed by atoms with Crippen LogP contribution in [-0.4, -0.2) is 58.1 Å². The molecule has 1 saturated heterocycles. The van der Waals surface area contributed by atoms with Gasteiger partial charge in [-0.3, -0.25) is 0 Å². The zero-order valence-electron chi connectivity index (χ0n) is 13.6. The predicted molar refractivity (Wildman–Crippen MR) is 93.6 cm³/mol. The third-order valence-electron chi connectivity index (χ3n) is 4.43. The van der Waals surface area contributed by atoms with E-state index in [2.05, 4.69) is 67.4 Å². The lowest BCUT2D eigenvalue weighted by atomic mass is 10.1. The second-order valence-corrected chi connectivity index (χ2v) is 6.01. The molecule has 1 aliphatic heterocycles. The Morgan fingerprint density at radius 3 is 2.58 bits per heavy atom. The van der Waals surface area contributed by atoms with Crippen LogP contribution in [0, 0.1) is 6.33 Å². The number of nitrogens with zero attached hydrogens (tertiary/aromatic N) is 5. The zero-order valence-corrected chi connectivity index (χ0v) is 13.6. The molecule has 1 aromatic carbocycles. The van der Waals surface area contributed by atoms with Crippen LogP contribution in [0.3, 0.4) is 0 Å². The van der Waals surface area contributed by atoms with Gasteiger partial charge in [0.05, 0.1) is 11.3 Å². The number of nitrogens with one attached hydrogen (secondary N) is 1. The first-order chi connectivity index (χ1) is 11.8. The molecule has 2 aromatic heterocycles. The Hall–Kier alpha value is -2.73. The van der Waals surface area contributed by atoms with E-state index in [-0.39, 0.29) is 0 Å². The molecule has 3 aromatic rings. The van der Waals surface area contributed by atoms with Crippen LogP contribution in [-0.2, 0) is 0 Å². The van der Waals surface area contributed by atoms with Gasteiger partial charge in [-0.2, -0.15) is 0 Å². The van der Waals surface area contributed by atoms with Crippen LogP contribution in [0.4, 0.5) is 5.69 Å². The van der Waals surface area contributed by atoms with E-state index in [4.69, 9.17) is 0 Å². The molecule has 24 heavy (non-hydrogen) atoms. The number of rotatable bonds is 3. The SMILES string of the molecule is CN1CCN(c2ccc(-c3n[c]ncc3-c3ncc[nH]3)cc2)CC1. The topological polar surface area (TPSA) is 60.9 Å². The molecular weight excluding hydrogens is 300 g/mol. The van der Waals surface area contributed by atoms with Crippen molar-refractivity contribution in [2.45, 2.75) is 0 Å². The Morgan fingerprint density at radius 2 is 1.88 bits per heavy atom. The highest BCUT2D eigenvalue weighted by Crippen LogP contribution is 2.28. The minimum absolute atomic E-state index is 0.766. The third-order valence-corrected chi connectivity index (χ3v) is 4.43. The van der Waals surface area contributed by atoms with Gasteiger partial charge < -0.3 is 14.8 Å². The Labute approximate surface area is 141 Å². The number of hydrogen-bond donors (Lipinski definition) is 1. The van der Waals surface area contributed by atoms with E-state index in [1.807, 2.05) is 0 Å². The molecule has 1 fully saturated rings. The molecule has 0 aliphatic carbocycles. The number of likely N-dealkylation sites (N-methyl/N-ethyl adjacent to an activating group) is 1. The summed E-state index contributed by atoms with van der Waals surface area (Å²) in [5.74, 6) is 0.766. The van der Waals surface area contributed by atoms with Gasteiger partial charge in [-0.25, -0.2) is 15.0 Å². The van der Waals surface area contributed by atoms with Crippen LogP contribution in [0.1, 0.15) is 0 Å². The number of benzene rings is 1. The molecule has 6 heteroatoms. The lowest BCUT2D eigenvalue weighted by Crippen LogP contribution is -2.44. The summed E-state index contributed by atoms with van der Waals surface area (Å²) in [6.07, 6.45) is 7.96. The molecule has 4 rings (SSSR count). The molecule has 6 nitrogen and oxygen atoms in total. The van der Waals surface area contributed by atoms with Gasteiger partial charge in [0.1, 0.15) is 5.82 Å². The first-order valence-corrected chi connectivity index (χ1v) is 8.08. The predicted octanol–water partition coefficient (Wildman–Crippen LogP) is 2.09. The molecule has 1 N–H and O–H groups in total. The molecule has 0 spiro atoms. The van der Waals surface area contributed by atoms with E-state index in [1.54, 1.807) is 18.6 Å². The summed E-state index contributed by atoms with van der Waals surface area (Å²) in [7, 11) is 2.17. The van der Waals surface area contributed by atoms with E-state index >= 15 is 0 Å². The molecule has 3 heterocycles. The van der Waals surface area contributed by atoms with Crippen molar-refractivity contribution in [2.24, 2.45) is 0 Å². The van der Waals surface area contributed by atoms with Crippen molar-refractivity contribution in [1.82, 2.24) is 24.8 Å². The lowest BCUT2D eigenvalue weighted by Gasteiger charge is -2.34. The summed E-state index contributed by atoms with van der Waals surface area (Å²) in [5.41, 5.74) is 4.01. The van der Waals surface area contributed by atoms with Gasteiger partial charge >= 0.3 is 0 Å². The number of aromatic amines is 1. The molecule has 1 radical (unpaired) electrons. The van der Waals surface area contributed by atoms with Gasteiger partial charge in [0.2, 0.25) is 0 Å². The van der Waals surface area contributed by atoms with Crippen molar-refractivity contribution in [1.29, 1.82) is 0 Å². The molecule has 0 unspecified atom stereocenters. The summed E-state index contributed by atoms with van der Waals surface area (Å²) in [5, 5.41) is 0. The van der Waals surface area contributed by atoms with Crippen molar-refractivity contribution >= 4 is 5.69 Å². The summed E-state index contributed by atoms with van der Waals surface area (Å²) in [6, 6.07) is 8.54. The number of hydrogen-bond acceptors (Lipinski definition) is 5. The maximum atomic E-state index is 4.34. The minimum atomic E-state index is 0.766. The lowest BCUT2D eigenvalue weighted by molar-refractivity contribution is 0.313. The van der Waals surface area contributed by atoms with Crippen LogP contribution in [0.15, 0.2) is 42.9 Å². The van der Waals surface area contributed by atoms with Crippen molar-refractivity contribution in [2.75, 3.05) is 38.1 Å². The molecule has 0 saturated carbocycles. The number of piperazine rings is 1. The van der Waals surface area contributed by atoms with Crippen LogP contribution >= 0.6 is 0 Å². The summed E-state index contributed by atoms with van der Waals surface area (Å²) >= 11 is 0. The average molecular weight is 319 g/mol. The quantitative estimate of drug-likeness (QED) is 0.801. The third kappa shape index (κ3) is 2.88. The highest BCUT2D eigenvalue weighted by atomic mass is 15.2. The summed E-state index contributed by atoms with van der Waals surface area (Å²) in [6.45, 7) is 4.33. The van der Waals surface area contributed by atoms with Crippen LogP contribution in [0.2, 0.25) is 0 Å². The molecule has 0 atom stereocenters. The first kappa shape index (κ1) is 14.8. The standard InChI is InChI=1S/C18H19N6/c1-23-8-10-24(11-9-23)15-4-2-14(3-5-15)17-16(12-19-13-22-17)18-20-6-7-21-18/h2-7,12H,8-11H2,1H3,(H,20,21). The largest absolute Gasteiger partial charge is 0.369 e. The molecule has 121 valence electrons. The Kier molecular flexibility index (Phi) is 3.96. The Morgan fingerprint density at radius 1 is 1.08 bits per heavy atom. The second-order valence-electron chi connectivity index (χ2n) is 6.01. The molecular formula is C18H19N6. The fraction of sp³-hybridized carbons (Fsp3) is 0.278. The van der Waals surface area contributed by atoms with Crippen molar-refractivity contribution in [3.63, 3.8) is 0 Å². The smallest absolute Gasteiger partial charge is 0.198 e. The number of aromatic nitrogens is 4. The van der Waals surface area contributed by atoms with Crippen molar-refractivity contribution in [3.8, 4) is 22.6 Å². The highest BCUT2D eigenvalue weighted by molar-refractivity contribution is 5.77. The van der Waals surface area contributed by atoms with Gasteiger partial charge in [0, 0.05) is 56.0 Å². The van der Waals surface area contributed by atoms with Crippen LogP contribution in [0.5, 0.6) is 0 Å². The van der Waals surface area contributed by atoms with Crippen molar-refractivity contribution in [3.05, 3.63) is 49.2 Å². The molecule has 0 bridgehead atoms.